The number of hydrogen-bond donors (Lipinski definition) is 3. The van der Waals surface area contributed by atoms with Crippen molar-refractivity contribution in [3.05, 3.63) is 59.3 Å². The van der Waals surface area contributed by atoms with Crippen molar-refractivity contribution < 1.29 is 24.2 Å². The second-order valence-corrected chi connectivity index (χ2v) is 9.22. The fraction of sp³-hybridized carbons (Fsp3) is 0.536. The summed E-state index contributed by atoms with van der Waals surface area (Å²) >= 11 is 0. The lowest BCUT2D eigenvalue weighted by Crippen LogP contribution is -2.43. The van der Waals surface area contributed by atoms with Crippen LogP contribution in [0.25, 0.3) is 0 Å². The minimum Gasteiger partial charge on any atom is -0.480 e. The number of benzene rings is 1. The fourth-order valence-corrected chi connectivity index (χ4v) is 4.30. The number of carbonyl (C=O) groups is 2. The summed E-state index contributed by atoms with van der Waals surface area (Å²) < 4.78 is 10.7. The average Bonchev–Trinajstić information content (AvgIpc) is 2.92. The van der Waals surface area contributed by atoms with E-state index >= 15 is 0 Å². The molecule has 1 aromatic carbocycles. The van der Waals surface area contributed by atoms with Gasteiger partial charge in [0.15, 0.2) is 0 Å². The van der Waals surface area contributed by atoms with E-state index in [0.29, 0.717) is 26.3 Å². The Bertz CT molecular complexity index is 972. The van der Waals surface area contributed by atoms with Crippen LogP contribution < -0.4 is 10.6 Å². The van der Waals surface area contributed by atoms with Crippen molar-refractivity contribution in [3.8, 4) is 0 Å². The van der Waals surface area contributed by atoms with Crippen molar-refractivity contribution >= 4 is 17.9 Å². The highest BCUT2D eigenvalue weighted by Crippen LogP contribution is 2.20. The van der Waals surface area contributed by atoms with E-state index in [2.05, 4.69) is 27.7 Å². The van der Waals surface area contributed by atoms with Gasteiger partial charge in [-0.3, -0.25) is 0 Å². The van der Waals surface area contributed by atoms with Crippen molar-refractivity contribution in [1.29, 1.82) is 0 Å². The van der Waals surface area contributed by atoms with Gasteiger partial charge in [-0.05, 0) is 69.2 Å². The summed E-state index contributed by atoms with van der Waals surface area (Å²) in [6.45, 7) is 6.31. The molecule has 202 valence electrons. The number of carboxylic acid groups (broad SMARTS) is 1. The number of hydrogen-bond acceptors (Lipinski definition) is 7. The molecule has 3 N–H and O–H groups in total. The summed E-state index contributed by atoms with van der Waals surface area (Å²) in [5, 5.41) is 15.5. The van der Waals surface area contributed by atoms with E-state index in [4.69, 9.17) is 14.5 Å². The Kier molecular flexibility index (Phi) is 12.2. The van der Waals surface area contributed by atoms with E-state index < -0.39 is 18.1 Å². The van der Waals surface area contributed by atoms with Crippen molar-refractivity contribution in [2.45, 2.75) is 58.1 Å². The Labute approximate surface area is 219 Å². The summed E-state index contributed by atoms with van der Waals surface area (Å²) in [5.74, 6) is -0.0508. The van der Waals surface area contributed by atoms with Crippen LogP contribution in [0, 0.1) is 0 Å². The minimum absolute atomic E-state index is 0.0919. The van der Waals surface area contributed by atoms with E-state index in [9.17, 15) is 14.7 Å². The smallest absolute Gasteiger partial charge is 0.408 e. The van der Waals surface area contributed by atoms with Crippen LogP contribution in [-0.4, -0.2) is 72.5 Å². The van der Waals surface area contributed by atoms with Gasteiger partial charge in [-0.2, -0.15) is 0 Å². The molecule has 1 aliphatic rings. The number of carboxylic acids is 1. The van der Waals surface area contributed by atoms with Gasteiger partial charge in [0, 0.05) is 31.9 Å². The van der Waals surface area contributed by atoms with Crippen molar-refractivity contribution in [2.75, 3.05) is 44.7 Å². The summed E-state index contributed by atoms with van der Waals surface area (Å²) in [6, 6.07) is 12.6. The zero-order chi connectivity index (χ0) is 26.3. The highest BCUT2D eigenvalue weighted by molar-refractivity contribution is 5.79. The molecule has 1 aromatic heterocycles. The van der Waals surface area contributed by atoms with Crippen LogP contribution in [0.5, 0.6) is 0 Å². The van der Waals surface area contributed by atoms with Gasteiger partial charge in [-0.1, -0.05) is 36.4 Å². The quantitative estimate of drug-likeness (QED) is 0.291. The number of alkyl carbamates (subject to hydrolysis) is 1. The lowest BCUT2D eigenvalue weighted by atomic mass is 10.1. The van der Waals surface area contributed by atoms with Crippen LogP contribution in [-0.2, 0) is 33.7 Å². The van der Waals surface area contributed by atoms with E-state index in [-0.39, 0.29) is 13.0 Å². The van der Waals surface area contributed by atoms with Gasteiger partial charge in [0.05, 0.1) is 6.61 Å². The highest BCUT2D eigenvalue weighted by atomic mass is 16.5. The highest BCUT2D eigenvalue weighted by Gasteiger charge is 2.22. The zero-order valence-electron chi connectivity index (χ0n) is 21.8. The number of amides is 1. The Morgan fingerprint density at radius 1 is 1.14 bits per heavy atom. The molecule has 1 aliphatic heterocycles. The first-order valence-electron chi connectivity index (χ1n) is 13.3. The number of aromatic nitrogens is 1. The van der Waals surface area contributed by atoms with Crippen molar-refractivity contribution in [2.24, 2.45) is 0 Å². The Morgan fingerprint density at radius 2 is 1.97 bits per heavy atom. The number of anilines is 1. The Morgan fingerprint density at radius 3 is 2.76 bits per heavy atom. The standard InChI is InChI=1S/C28H40N4O5/c1-2-36-20-19-32(17-7-6-12-24-14-13-23-11-8-16-29-26(23)30-24)18-15-25(27(33)34)31-28(35)37-21-22-9-4-3-5-10-22/h3-5,9-10,13-14,25H,2,6-8,11-12,15-21H2,1H3,(H,29,30)(H,31,35)(H,33,34). The third kappa shape index (κ3) is 10.4. The Hall–Kier alpha value is -3.17. The minimum atomic E-state index is -1.08. The molecule has 0 bridgehead atoms. The first-order chi connectivity index (χ1) is 18.0. The third-order valence-electron chi connectivity index (χ3n) is 6.40. The number of carbonyl (C=O) groups excluding carboxylic acids is 1. The first kappa shape index (κ1) is 28.4. The summed E-state index contributed by atoms with van der Waals surface area (Å²) in [7, 11) is 0. The molecule has 0 fully saturated rings. The van der Waals surface area contributed by atoms with E-state index in [1.807, 2.05) is 37.3 Å². The van der Waals surface area contributed by atoms with Crippen LogP contribution >= 0.6 is 0 Å². The number of ether oxygens (including phenoxy) is 2. The summed E-state index contributed by atoms with van der Waals surface area (Å²) in [4.78, 5) is 30.9. The zero-order valence-corrected chi connectivity index (χ0v) is 21.8. The molecule has 3 rings (SSSR count). The molecule has 9 heteroatoms. The van der Waals surface area contributed by atoms with Gasteiger partial charge < -0.3 is 30.1 Å². The molecule has 1 atom stereocenters. The number of nitrogens with one attached hydrogen (secondary N) is 2. The number of rotatable bonds is 16. The van der Waals surface area contributed by atoms with Gasteiger partial charge in [-0.25, -0.2) is 14.6 Å². The molecule has 0 aliphatic carbocycles. The van der Waals surface area contributed by atoms with Gasteiger partial charge in [-0.15, -0.1) is 0 Å². The number of fused-ring (bicyclic) bond motifs is 1. The predicted octanol–water partition coefficient (Wildman–Crippen LogP) is 3.87. The normalized spacial score (nSPS) is 13.5. The molecule has 0 saturated heterocycles. The molecule has 9 nitrogen and oxygen atoms in total. The number of unbranched alkanes of at least 4 members (excludes halogenated alkanes) is 1. The predicted molar refractivity (Wildman–Crippen MR) is 143 cm³/mol. The fourth-order valence-electron chi connectivity index (χ4n) is 4.30. The van der Waals surface area contributed by atoms with Crippen LogP contribution in [0.1, 0.15) is 49.4 Å². The molecule has 37 heavy (non-hydrogen) atoms. The number of nitrogens with zero attached hydrogens (tertiary/aromatic N) is 2. The average molecular weight is 513 g/mol. The maximum absolute atomic E-state index is 12.2. The Balaban J connectivity index is 1.43. The lowest BCUT2D eigenvalue weighted by molar-refractivity contribution is -0.139. The lowest BCUT2D eigenvalue weighted by Gasteiger charge is -2.24. The van der Waals surface area contributed by atoms with Crippen molar-refractivity contribution in [3.63, 3.8) is 0 Å². The second kappa shape index (κ2) is 15.8. The topological polar surface area (TPSA) is 113 Å². The van der Waals surface area contributed by atoms with Crippen LogP contribution in [0.2, 0.25) is 0 Å². The van der Waals surface area contributed by atoms with Gasteiger partial charge in [0.25, 0.3) is 0 Å². The first-order valence-corrected chi connectivity index (χ1v) is 13.3. The molecule has 2 aromatic rings. The molecular weight excluding hydrogens is 472 g/mol. The molecule has 0 radical (unpaired) electrons. The van der Waals surface area contributed by atoms with Crippen LogP contribution in [0.4, 0.5) is 10.6 Å². The van der Waals surface area contributed by atoms with Crippen LogP contribution in [0.3, 0.4) is 0 Å². The summed E-state index contributed by atoms with van der Waals surface area (Å²) in [6.07, 6.45) is 4.64. The molecule has 0 saturated carbocycles. The number of aliphatic carboxylic acids is 1. The molecular formula is C28H40N4O5. The molecule has 1 amide bonds. The molecule has 0 spiro atoms. The van der Waals surface area contributed by atoms with Crippen molar-refractivity contribution in [1.82, 2.24) is 15.2 Å². The largest absolute Gasteiger partial charge is 0.480 e. The summed E-state index contributed by atoms with van der Waals surface area (Å²) in [5.41, 5.74) is 3.23. The van der Waals surface area contributed by atoms with Gasteiger partial charge in [0.2, 0.25) is 0 Å². The number of pyridine rings is 1. The third-order valence-corrected chi connectivity index (χ3v) is 6.40. The van der Waals surface area contributed by atoms with Gasteiger partial charge >= 0.3 is 12.1 Å². The SMILES string of the molecule is CCOCCN(CCCCc1ccc2c(n1)NCCC2)CCC(NC(=O)OCc1ccccc1)C(=O)O. The van der Waals surface area contributed by atoms with Crippen LogP contribution in [0.15, 0.2) is 42.5 Å². The van der Waals surface area contributed by atoms with E-state index in [1.165, 1.54) is 5.56 Å². The maximum Gasteiger partial charge on any atom is 0.408 e. The van der Waals surface area contributed by atoms with E-state index in [1.54, 1.807) is 0 Å². The van der Waals surface area contributed by atoms with E-state index in [0.717, 1.165) is 62.3 Å². The maximum atomic E-state index is 12.2. The second-order valence-electron chi connectivity index (χ2n) is 9.22. The molecule has 1 unspecified atom stereocenters. The number of aryl methyl sites for hydroxylation is 2. The molecule has 2 heterocycles. The van der Waals surface area contributed by atoms with Gasteiger partial charge in [0.1, 0.15) is 18.5 Å². The monoisotopic (exact) mass is 512 g/mol.